The third-order valence-corrected chi connectivity index (χ3v) is 5.35. The van der Waals surface area contributed by atoms with E-state index in [4.69, 9.17) is 11.6 Å². The summed E-state index contributed by atoms with van der Waals surface area (Å²) in [7, 11) is 0. The van der Waals surface area contributed by atoms with Crippen LogP contribution in [0.15, 0.2) is 91.0 Å². The van der Waals surface area contributed by atoms with E-state index in [1.807, 2.05) is 6.07 Å². The average Bonchev–Trinajstić information content (AvgIpc) is 3.24. The predicted octanol–water partition coefficient (Wildman–Crippen LogP) is 5.70. The molecule has 0 amide bonds. The summed E-state index contributed by atoms with van der Waals surface area (Å²) >= 11 is 7.17. The molecule has 108 valence electrons. The van der Waals surface area contributed by atoms with Crippen LogP contribution in [0.25, 0.3) is 0 Å². The van der Waals surface area contributed by atoms with Crippen molar-refractivity contribution in [1.82, 2.24) is 0 Å². The molecule has 1 fully saturated rings. The first-order valence-electron chi connectivity index (χ1n) is 7.66. The molecular formula is C21H17Cl. The van der Waals surface area contributed by atoms with Crippen molar-refractivity contribution >= 4 is 11.6 Å². The van der Waals surface area contributed by atoms with Gasteiger partial charge in [0.15, 0.2) is 0 Å². The van der Waals surface area contributed by atoms with Crippen molar-refractivity contribution in [2.75, 3.05) is 0 Å². The zero-order chi connectivity index (χ0) is 15.0. The number of hydrogen-bond acceptors (Lipinski definition) is 0. The Morgan fingerprint density at radius 3 is 1.32 bits per heavy atom. The van der Waals surface area contributed by atoms with E-state index in [2.05, 4.69) is 84.9 Å². The molecule has 1 aliphatic carbocycles. The average molecular weight is 305 g/mol. The van der Waals surface area contributed by atoms with Crippen molar-refractivity contribution in [3.05, 3.63) is 108 Å². The maximum absolute atomic E-state index is 7.17. The van der Waals surface area contributed by atoms with Crippen molar-refractivity contribution in [1.29, 1.82) is 0 Å². The van der Waals surface area contributed by atoms with Gasteiger partial charge >= 0.3 is 0 Å². The van der Waals surface area contributed by atoms with E-state index in [1.54, 1.807) is 0 Å². The first-order valence-corrected chi connectivity index (χ1v) is 8.04. The van der Waals surface area contributed by atoms with E-state index in [1.165, 1.54) is 16.7 Å². The van der Waals surface area contributed by atoms with Gasteiger partial charge in [0.1, 0.15) is 0 Å². The van der Waals surface area contributed by atoms with E-state index in [9.17, 15) is 0 Å². The van der Waals surface area contributed by atoms with Gasteiger partial charge in [-0.25, -0.2) is 0 Å². The standard InChI is InChI=1S/C21H17Cl/c22-21(18-14-8-3-9-15-18)19(16-10-4-1-5-11-16)20(21)17-12-6-2-7-13-17/h1-15,19-20H. The van der Waals surface area contributed by atoms with E-state index < -0.39 is 0 Å². The molecule has 1 saturated carbocycles. The molecule has 22 heavy (non-hydrogen) atoms. The molecule has 0 bridgehead atoms. The number of rotatable bonds is 3. The highest BCUT2D eigenvalue weighted by molar-refractivity contribution is 6.28. The van der Waals surface area contributed by atoms with Gasteiger partial charge < -0.3 is 0 Å². The number of benzene rings is 3. The highest BCUT2D eigenvalue weighted by Crippen LogP contribution is 2.73. The van der Waals surface area contributed by atoms with Gasteiger partial charge in [0.05, 0.1) is 4.87 Å². The lowest BCUT2D eigenvalue weighted by Crippen LogP contribution is -2.01. The first-order chi connectivity index (χ1) is 10.8. The molecule has 1 aliphatic rings. The first kappa shape index (κ1) is 13.6. The van der Waals surface area contributed by atoms with Crippen molar-refractivity contribution in [3.63, 3.8) is 0 Å². The molecule has 0 nitrogen and oxygen atoms in total. The highest BCUT2D eigenvalue weighted by Gasteiger charge is 2.65. The van der Waals surface area contributed by atoms with Gasteiger partial charge in [0, 0.05) is 11.8 Å². The Labute approximate surface area is 136 Å². The van der Waals surface area contributed by atoms with E-state index in [0.717, 1.165) is 0 Å². The molecule has 0 saturated heterocycles. The van der Waals surface area contributed by atoms with Gasteiger partial charge in [-0.2, -0.15) is 0 Å². The SMILES string of the molecule is ClC1(c2ccccc2)C(c2ccccc2)C1c1ccccc1. The summed E-state index contributed by atoms with van der Waals surface area (Å²) in [6, 6.07) is 31.7. The van der Waals surface area contributed by atoms with Crippen molar-refractivity contribution in [2.24, 2.45) is 0 Å². The normalized spacial score (nSPS) is 26.6. The summed E-state index contributed by atoms with van der Waals surface area (Å²) < 4.78 is 0. The maximum Gasteiger partial charge on any atom is 0.0844 e. The zero-order valence-corrected chi connectivity index (χ0v) is 12.9. The molecule has 2 unspecified atom stereocenters. The van der Waals surface area contributed by atoms with Crippen LogP contribution in [0.4, 0.5) is 0 Å². The molecule has 2 atom stereocenters. The van der Waals surface area contributed by atoms with E-state index in [-0.39, 0.29) is 4.87 Å². The second-order valence-corrected chi connectivity index (χ2v) is 6.54. The van der Waals surface area contributed by atoms with Gasteiger partial charge in [-0.15, -0.1) is 11.6 Å². The summed E-state index contributed by atoms with van der Waals surface area (Å²) in [4.78, 5) is -0.343. The highest BCUT2D eigenvalue weighted by atomic mass is 35.5. The fourth-order valence-corrected chi connectivity index (χ4v) is 4.17. The smallest absolute Gasteiger partial charge is 0.0844 e. The Hall–Kier alpha value is -2.05. The van der Waals surface area contributed by atoms with E-state index in [0.29, 0.717) is 11.8 Å². The molecule has 3 aromatic rings. The maximum atomic E-state index is 7.17. The minimum atomic E-state index is -0.343. The van der Waals surface area contributed by atoms with Crippen molar-refractivity contribution < 1.29 is 0 Å². The molecule has 1 heteroatoms. The van der Waals surface area contributed by atoms with Crippen LogP contribution in [0.5, 0.6) is 0 Å². The quantitative estimate of drug-likeness (QED) is 0.544. The Balaban J connectivity index is 1.82. The lowest BCUT2D eigenvalue weighted by molar-refractivity contribution is 0.925. The summed E-state index contributed by atoms with van der Waals surface area (Å²) in [6.07, 6.45) is 0. The van der Waals surface area contributed by atoms with Crippen LogP contribution in [0, 0.1) is 0 Å². The lowest BCUT2D eigenvalue weighted by atomic mass is 10.0. The van der Waals surface area contributed by atoms with Gasteiger partial charge in [0.25, 0.3) is 0 Å². The molecule has 4 rings (SSSR count). The van der Waals surface area contributed by atoms with Crippen LogP contribution in [-0.4, -0.2) is 0 Å². The summed E-state index contributed by atoms with van der Waals surface area (Å²) in [6.45, 7) is 0. The van der Waals surface area contributed by atoms with Gasteiger partial charge in [-0.1, -0.05) is 91.0 Å². The fourth-order valence-electron chi connectivity index (χ4n) is 3.60. The molecule has 0 radical (unpaired) electrons. The summed E-state index contributed by atoms with van der Waals surface area (Å²) in [5.74, 6) is 0.639. The van der Waals surface area contributed by atoms with Gasteiger partial charge in [-0.05, 0) is 16.7 Å². The number of alkyl halides is 1. The Bertz CT molecular complexity index is 704. The lowest BCUT2D eigenvalue weighted by Gasteiger charge is -2.10. The zero-order valence-electron chi connectivity index (χ0n) is 12.2. The second kappa shape index (κ2) is 5.30. The van der Waals surface area contributed by atoms with Crippen LogP contribution in [0.3, 0.4) is 0 Å². The number of hydrogen-bond donors (Lipinski definition) is 0. The van der Waals surface area contributed by atoms with Gasteiger partial charge in [-0.3, -0.25) is 0 Å². The minimum Gasteiger partial charge on any atom is -0.113 e. The van der Waals surface area contributed by atoms with Crippen LogP contribution >= 0.6 is 11.6 Å². The molecule has 0 aliphatic heterocycles. The van der Waals surface area contributed by atoms with Gasteiger partial charge in [0.2, 0.25) is 0 Å². The third-order valence-electron chi connectivity index (χ3n) is 4.66. The Morgan fingerprint density at radius 1 is 0.545 bits per heavy atom. The molecule has 0 spiro atoms. The van der Waals surface area contributed by atoms with Crippen molar-refractivity contribution in [3.8, 4) is 0 Å². The molecule has 0 N–H and O–H groups in total. The predicted molar refractivity (Wildman–Crippen MR) is 92.3 cm³/mol. The van der Waals surface area contributed by atoms with Crippen molar-refractivity contribution in [2.45, 2.75) is 16.7 Å². The molecular weight excluding hydrogens is 288 g/mol. The molecule has 0 aromatic heterocycles. The Morgan fingerprint density at radius 2 is 0.909 bits per heavy atom. The van der Waals surface area contributed by atoms with Crippen LogP contribution in [0.1, 0.15) is 28.5 Å². The third kappa shape index (κ3) is 2.07. The largest absolute Gasteiger partial charge is 0.113 e. The summed E-state index contributed by atoms with van der Waals surface area (Å²) in [5.41, 5.74) is 3.84. The van der Waals surface area contributed by atoms with Crippen LogP contribution in [0.2, 0.25) is 0 Å². The topological polar surface area (TPSA) is 0 Å². The van der Waals surface area contributed by atoms with Crippen LogP contribution < -0.4 is 0 Å². The molecule has 3 aromatic carbocycles. The number of halogens is 1. The summed E-state index contributed by atoms with van der Waals surface area (Å²) in [5, 5.41) is 0. The Kier molecular flexibility index (Phi) is 3.28. The second-order valence-electron chi connectivity index (χ2n) is 5.91. The van der Waals surface area contributed by atoms with Crippen LogP contribution in [-0.2, 0) is 4.87 Å². The van der Waals surface area contributed by atoms with E-state index >= 15 is 0 Å². The minimum absolute atomic E-state index is 0.320. The monoisotopic (exact) mass is 304 g/mol. The molecule has 0 heterocycles. The fraction of sp³-hybridized carbons (Fsp3) is 0.143.